The molecule has 0 aromatic carbocycles. The van der Waals surface area contributed by atoms with Gasteiger partial charge in [-0.3, -0.25) is 19.8 Å². The number of hydrogen-bond donors (Lipinski definition) is 1. The van der Waals surface area contributed by atoms with Crippen molar-refractivity contribution >= 4 is 33.8 Å². The van der Waals surface area contributed by atoms with E-state index >= 15 is 0 Å². The zero-order chi connectivity index (χ0) is 12.8. The number of urea groups is 1. The van der Waals surface area contributed by atoms with Gasteiger partial charge in [0.05, 0.1) is 0 Å². The minimum atomic E-state index is -2.56. The van der Waals surface area contributed by atoms with Crippen molar-refractivity contribution in [3.05, 3.63) is 0 Å². The Labute approximate surface area is 103 Å². The number of alkyl halides is 2. The van der Waals surface area contributed by atoms with Gasteiger partial charge in [0, 0.05) is 6.92 Å². The van der Waals surface area contributed by atoms with Gasteiger partial charge in [0.15, 0.2) is 6.23 Å². The molecule has 0 aromatic heterocycles. The van der Waals surface area contributed by atoms with E-state index in [9.17, 15) is 18.8 Å². The van der Waals surface area contributed by atoms with E-state index in [1.54, 1.807) is 5.32 Å². The summed E-state index contributed by atoms with van der Waals surface area (Å²) in [7, 11) is 0. The van der Waals surface area contributed by atoms with Gasteiger partial charge in [-0.05, 0) is 15.9 Å². The Kier molecular flexibility index (Phi) is 2.82. The minimum absolute atomic E-state index is 0.192. The van der Waals surface area contributed by atoms with Gasteiger partial charge in [-0.15, -0.1) is 0 Å². The molecular weight excluding hydrogens is 303 g/mol. The zero-order valence-corrected chi connectivity index (χ0v) is 10.2. The third-order valence-electron chi connectivity index (χ3n) is 2.33. The van der Waals surface area contributed by atoms with Crippen LogP contribution in [0.1, 0.15) is 6.92 Å². The SMILES string of the molecule is CC(=O)OC1COC2N1C(=O)NC(=O)C2(F)Br. The standard InChI is InChI=1S/C8H8BrFN2O5/c1-3(13)17-4-2-16-6-8(9,10)5(14)11-7(15)12(4)6/h4,6H,2H2,1H3,(H,11,14,15). The van der Waals surface area contributed by atoms with Crippen molar-refractivity contribution in [2.75, 3.05) is 6.61 Å². The predicted octanol–water partition coefficient (Wildman–Crippen LogP) is -0.156. The van der Waals surface area contributed by atoms with Crippen LogP contribution in [-0.2, 0) is 19.1 Å². The second kappa shape index (κ2) is 3.91. The fraction of sp³-hybridized carbons (Fsp3) is 0.625. The van der Waals surface area contributed by atoms with Crippen LogP contribution in [0, 0.1) is 0 Å². The van der Waals surface area contributed by atoms with Gasteiger partial charge in [-0.2, -0.15) is 0 Å². The quantitative estimate of drug-likeness (QED) is 0.537. The summed E-state index contributed by atoms with van der Waals surface area (Å²) in [5, 5.41) is 1.80. The van der Waals surface area contributed by atoms with Crippen LogP contribution < -0.4 is 5.32 Å². The summed E-state index contributed by atoms with van der Waals surface area (Å²) in [6.45, 7) is 0.958. The molecule has 3 atom stereocenters. The maximum absolute atomic E-state index is 13.9. The molecule has 3 unspecified atom stereocenters. The lowest BCUT2D eigenvalue weighted by molar-refractivity contribution is -0.153. The van der Waals surface area contributed by atoms with Gasteiger partial charge in [0.25, 0.3) is 10.5 Å². The molecule has 2 aliphatic heterocycles. The van der Waals surface area contributed by atoms with Crippen LogP contribution >= 0.6 is 15.9 Å². The number of ether oxygens (including phenoxy) is 2. The number of hydrogen-bond acceptors (Lipinski definition) is 5. The molecule has 2 aliphatic rings. The first-order chi connectivity index (χ1) is 7.84. The highest BCUT2D eigenvalue weighted by Crippen LogP contribution is 2.37. The van der Waals surface area contributed by atoms with E-state index in [2.05, 4.69) is 15.9 Å². The summed E-state index contributed by atoms with van der Waals surface area (Å²) >= 11 is 2.55. The lowest BCUT2D eigenvalue weighted by Gasteiger charge is -2.36. The molecule has 2 rings (SSSR count). The number of carbonyl (C=O) groups is 3. The van der Waals surface area contributed by atoms with Crippen LogP contribution in [-0.4, -0.2) is 46.4 Å². The van der Waals surface area contributed by atoms with E-state index in [0.717, 1.165) is 11.8 Å². The van der Waals surface area contributed by atoms with E-state index in [0.29, 0.717) is 0 Å². The van der Waals surface area contributed by atoms with Crippen LogP contribution in [0.25, 0.3) is 0 Å². The largest absolute Gasteiger partial charge is 0.439 e. The van der Waals surface area contributed by atoms with Gasteiger partial charge in [0.1, 0.15) is 6.61 Å². The first kappa shape index (κ1) is 12.2. The van der Waals surface area contributed by atoms with Gasteiger partial charge in [0.2, 0.25) is 6.23 Å². The highest BCUT2D eigenvalue weighted by atomic mass is 79.9. The average molecular weight is 311 g/mol. The number of carbonyl (C=O) groups excluding carboxylic acids is 3. The van der Waals surface area contributed by atoms with Crippen LogP contribution in [0.15, 0.2) is 0 Å². The van der Waals surface area contributed by atoms with Crippen molar-refractivity contribution in [2.24, 2.45) is 0 Å². The molecule has 0 aliphatic carbocycles. The molecule has 0 spiro atoms. The molecule has 94 valence electrons. The molecule has 1 N–H and O–H groups in total. The fourth-order valence-corrected chi connectivity index (χ4v) is 2.09. The number of esters is 1. The van der Waals surface area contributed by atoms with Crippen molar-refractivity contribution in [3.8, 4) is 0 Å². The molecule has 2 saturated heterocycles. The summed E-state index contributed by atoms with van der Waals surface area (Å²) in [4.78, 5) is 34.4. The monoisotopic (exact) mass is 310 g/mol. The number of halogens is 2. The van der Waals surface area contributed by atoms with Crippen LogP contribution in [0.3, 0.4) is 0 Å². The number of nitrogens with zero attached hydrogens (tertiary/aromatic N) is 1. The Morgan fingerprint density at radius 2 is 2.35 bits per heavy atom. The fourth-order valence-electron chi connectivity index (χ4n) is 1.64. The molecule has 0 radical (unpaired) electrons. The molecule has 0 saturated carbocycles. The summed E-state index contributed by atoms with van der Waals surface area (Å²) in [5.74, 6) is -1.78. The Hall–Kier alpha value is -1.22. The number of imide groups is 1. The van der Waals surface area contributed by atoms with E-state index in [4.69, 9.17) is 9.47 Å². The first-order valence-electron chi connectivity index (χ1n) is 4.64. The molecule has 7 nitrogen and oxygen atoms in total. The molecule has 3 amide bonds. The minimum Gasteiger partial charge on any atom is -0.439 e. The third kappa shape index (κ3) is 1.89. The molecule has 9 heteroatoms. The Bertz CT molecular complexity index is 401. The lowest BCUT2D eigenvalue weighted by atomic mass is 10.2. The predicted molar refractivity (Wildman–Crippen MR) is 53.4 cm³/mol. The molecule has 0 aromatic rings. The molecule has 2 heterocycles. The van der Waals surface area contributed by atoms with E-state index in [-0.39, 0.29) is 6.61 Å². The van der Waals surface area contributed by atoms with E-state index in [1.807, 2.05) is 0 Å². The van der Waals surface area contributed by atoms with Crippen LogP contribution in [0.2, 0.25) is 0 Å². The Balaban J connectivity index is 2.25. The average Bonchev–Trinajstić information content (AvgIpc) is 2.59. The summed E-state index contributed by atoms with van der Waals surface area (Å²) in [6, 6.07) is -0.864. The second-order valence-corrected chi connectivity index (χ2v) is 4.69. The Morgan fingerprint density at radius 3 is 2.94 bits per heavy atom. The Morgan fingerprint density at radius 1 is 1.71 bits per heavy atom. The van der Waals surface area contributed by atoms with Gasteiger partial charge < -0.3 is 9.47 Å². The van der Waals surface area contributed by atoms with E-state index < -0.39 is 34.9 Å². The summed E-state index contributed by atoms with van der Waals surface area (Å²) in [6.07, 6.45) is -2.49. The topological polar surface area (TPSA) is 84.9 Å². The smallest absolute Gasteiger partial charge is 0.329 e. The van der Waals surface area contributed by atoms with Gasteiger partial charge in [-0.25, -0.2) is 9.18 Å². The maximum atomic E-state index is 13.9. The van der Waals surface area contributed by atoms with Crippen molar-refractivity contribution in [3.63, 3.8) is 0 Å². The summed E-state index contributed by atoms with van der Waals surface area (Å²) in [5.41, 5.74) is 0. The van der Waals surface area contributed by atoms with E-state index in [1.165, 1.54) is 0 Å². The van der Waals surface area contributed by atoms with Crippen molar-refractivity contribution in [1.29, 1.82) is 0 Å². The first-order valence-corrected chi connectivity index (χ1v) is 5.43. The second-order valence-electron chi connectivity index (χ2n) is 3.54. The molecular formula is C8H8BrFN2O5. The number of amides is 3. The van der Waals surface area contributed by atoms with Crippen molar-refractivity contribution in [1.82, 2.24) is 10.2 Å². The zero-order valence-electron chi connectivity index (χ0n) is 8.61. The summed E-state index contributed by atoms with van der Waals surface area (Å²) < 4.78 is 21.1. The lowest BCUT2D eigenvalue weighted by Crippen LogP contribution is -2.65. The maximum Gasteiger partial charge on any atom is 0.329 e. The normalized spacial score (nSPS) is 36.5. The van der Waals surface area contributed by atoms with Gasteiger partial charge >= 0.3 is 12.0 Å². The van der Waals surface area contributed by atoms with Crippen molar-refractivity contribution < 1.29 is 28.2 Å². The van der Waals surface area contributed by atoms with Gasteiger partial charge in [-0.1, -0.05) is 0 Å². The van der Waals surface area contributed by atoms with Crippen molar-refractivity contribution in [2.45, 2.75) is 24.0 Å². The third-order valence-corrected chi connectivity index (χ3v) is 3.08. The highest BCUT2D eigenvalue weighted by Gasteiger charge is 2.60. The number of fused-ring (bicyclic) bond motifs is 1. The highest BCUT2D eigenvalue weighted by molar-refractivity contribution is 9.10. The number of nitrogens with one attached hydrogen (secondary N) is 1. The number of rotatable bonds is 1. The van der Waals surface area contributed by atoms with Crippen LogP contribution in [0.5, 0.6) is 0 Å². The van der Waals surface area contributed by atoms with Crippen LogP contribution in [0.4, 0.5) is 9.18 Å². The molecule has 17 heavy (non-hydrogen) atoms. The molecule has 2 fully saturated rings. The molecule has 0 bridgehead atoms.